The lowest BCUT2D eigenvalue weighted by molar-refractivity contribution is -0.141. The van der Waals surface area contributed by atoms with E-state index in [1.165, 1.54) is 0 Å². The fourth-order valence-corrected chi connectivity index (χ4v) is 1.29. The average Bonchev–Trinajstić information content (AvgIpc) is 1.84. The molecule has 0 saturated carbocycles. The quantitative estimate of drug-likeness (QED) is 0.568. The number of carbonyl (C=O) groups excluding carboxylic acids is 1. The summed E-state index contributed by atoms with van der Waals surface area (Å²) < 4.78 is 15.8. The molecule has 0 spiro atoms. The van der Waals surface area contributed by atoms with Gasteiger partial charge in [0, 0.05) is 6.29 Å². The second-order valence-corrected chi connectivity index (χ2v) is 6.43. The van der Waals surface area contributed by atoms with Gasteiger partial charge in [0.05, 0.1) is 20.3 Å². The molecule has 13 heavy (non-hydrogen) atoms. The van der Waals surface area contributed by atoms with Gasteiger partial charge in [-0.25, -0.2) is 0 Å². The van der Waals surface area contributed by atoms with Crippen LogP contribution in [0.3, 0.4) is 0 Å². The highest BCUT2D eigenvalue weighted by molar-refractivity contribution is 7.62. The molecule has 0 aromatic heterocycles. The molecule has 0 radical (unpaired) electrons. The Morgan fingerprint density at radius 1 is 1.46 bits per heavy atom. The Balaban J connectivity index is 0. The summed E-state index contributed by atoms with van der Waals surface area (Å²) in [4.78, 5) is 10.8. The molecule has 0 bridgehead atoms. The minimum absolute atomic E-state index is 0. The van der Waals surface area contributed by atoms with Crippen LogP contribution in [0.2, 0.25) is 0 Å². The zero-order chi connectivity index (χ0) is 9.61. The fourth-order valence-electron chi connectivity index (χ4n) is 0.639. The molecule has 0 amide bonds. The first kappa shape index (κ1) is 15.4. The second kappa shape index (κ2) is 7.36. The van der Waals surface area contributed by atoms with Crippen molar-refractivity contribution in [3.63, 3.8) is 0 Å². The van der Waals surface area contributed by atoms with Crippen LogP contribution in [0.4, 0.5) is 0 Å². The average molecular weight is 230 g/mol. The van der Waals surface area contributed by atoms with Gasteiger partial charge in [-0.3, -0.25) is 4.79 Å². The maximum absolute atomic E-state index is 11.1. The highest BCUT2D eigenvalue weighted by Crippen LogP contribution is 2.33. The topological polar surface area (TPSA) is 55.4 Å². The molecule has 0 saturated heterocycles. The summed E-state index contributed by atoms with van der Waals surface area (Å²) in [6, 6.07) is 0. The highest BCUT2D eigenvalue weighted by Gasteiger charge is 2.07. The zero-order valence-corrected chi connectivity index (χ0v) is 9.91. The number of esters is 1. The maximum Gasteiger partial charge on any atom is 0.319 e. The van der Waals surface area contributed by atoms with Crippen LogP contribution < -0.4 is 5.32 Å². The SMILES string of the molecule is CCOC(=O)CNCP(C)(C)=O.Cl. The van der Waals surface area contributed by atoms with E-state index in [0.717, 1.165) is 0 Å². The Morgan fingerprint density at radius 3 is 2.38 bits per heavy atom. The fraction of sp³-hybridized carbons (Fsp3) is 0.857. The van der Waals surface area contributed by atoms with Gasteiger partial charge in [-0.1, -0.05) is 0 Å². The number of halogens is 1. The van der Waals surface area contributed by atoms with Gasteiger partial charge in [0.15, 0.2) is 0 Å². The molecule has 0 aliphatic heterocycles. The highest BCUT2D eigenvalue weighted by atomic mass is 35.5. The van der Waals surface area contributed by atoms with Crippen LogP contribution in [-0.4, -0.2) is 38.7 Å². The summed E-state index contributed by atoms with van der Waals surface area (Å²) in [5.41, 5.74) is 0. The van der Waals surface area contributed by atoms with E-state index in [2.05, 4.69) is 10.1 Å². The normalized spacial score (nSPS) is 10.4. The van der Waals surface area contributed by atoms with Crippen LogP contribution in [0.1, 0.15) is 6.92 Å². The van der Waals surface area contributed by atoms with E-state index in [4.69, 9.17) is 0 Å². The minimum Gasteiger partial charge on any atom is -0.465 e. The van der Waals surface area contributed by atoms with Crippen LogP contribution in [0.5, 0.6) is 0 Å². The molecule has 4 nitrogen and oxygen atoms in total. The van der Waals surface area contributed by atoms with E-state index in [9.17, 15) is 9.36 Å². The van der Waals surface area contributed by atoms with Crippen LogP contribution in [-0.2, 0) is 14.1 Å². The monoisotopic (exact) mass is 229 g/mol. The van der Waals surface area contributed by atoms with Crippen molar-refractivity contribution in [2.75, 3.05) is 32.8 Å². The van der Waals surface area contributed by atoms with Crippen molar-refractivity contribution in [2.45, 2.75) is 6.92 Å². The van der Waals surface area contributed by atoms with Crippen molar-refractivity contribution < 1.29 is 14.1 Å². The molecule has 0 rings (SSSR count). The summed E-state index contributed by atoms with van der Waals surface area (Å²) >= 11 is 0. The Labute approximate surface area is 85.2 Å². The summed E-state index contributed by atoms with van der Waals surface area (Å²) in [6.45, 7) is 5.62. The lowest BCUT2D eigenvalue weighted by Gasteiger charge is -2.07. The molecular weight excluding hydrogens is 213 g/mol. The van der Waals surface area contributed by atoms with Gasteiger partial charge in [-0.15, -0.1) is 12.4 Å². The van der Waals surface area contributed by atoms with E-state index in [-0.39, 0.29) is 24.9 Å². The summed E-state index contributed by atoms with van der Waals surface area (Å²) in [5, 5.41) is 2.77. The molecule has 80 valence electrons. The number of nitrogens with one attached hydrogen (secondary N) is 1. The lowest BCUT2D eigenvalue weighted by Crippen LogP contribution is -2.25. The van der Waals surface area contributed by atoms with Gasteiger partial charge >= 0.3 is 5.97 Å². The Bertz CT molecular complexity index is 192. The third-order valence-electron chi connectivity index (χ3n) is 1.07. The van der Waals surface area contributed by atoms with E-state index < -0.39 is 7.14 Å². The number of rotatable bonds is 5. The lowest BCUT2D eigenvalue weighted by atomic mass is 10.6. The molecule has 0 unspecified atom stereocenters. The summed E-state index contributed by atoms with van der Waals surface area (Å²) in [7, 11) is -2.06. The predicted molar refractivity (Wildman–Crippen MR) is 56.2 cm³/mol. The van der Waals surface area contributed by atoms with Crippen molar-refractivity contribution in [1.29, 1.82) is 0 Å². The molecular formula is C7H17ClNO3P. The first-order chi connectivity index (χ1) is 5.45. The Morgan fingerprint density at radius 2 is 2.00 bits per heavy atom. The standard InChI is InChI=1S/C7H16NO3P.ClH/c1-4-11-7(9)5-8-6-12(2,3)10;/h8H,4-6H2,1-3H3;1H. The van der Waals surface area contributed by atoms with Gasteiger partial charge in [0.25, 0.3) is 0 Å². The molecule has 0 fully saturated rings. The van der Waals surface area contributed by atoms with Crippen molar-refractivity contribution >= 4 is 25.5 Å². The van der Waals surface area contributed by atoms with Crippen LogP contribution in [0.25, 0.3) is 0 Å². The first-order valence-electron chi connectivity index (χ1n) is 3.86. The summed E-state index contributed by atoms with van der Waals surface area (Å²) in [6.07, 6.45) is 0.381. The second-order valence-electron chi connectivity index (χ2n) is 2.96. The molecule has 0 heterocycles. The molecule has 0 aromatic carbocycles. The van der Waals surface area contributed by atoms with Crippen LogP contribution in [0, 0.1) is 0 Å². The largest absolute Gasteiger partial charge is 0.465 e. The van der Waals surface area contributed by atoms with Gasteiger partial charge in [0.2, 0.25) is 0 Å². The smallest absolute Gasteiger partial charge is 0.319 e. The van der Waals surface area contributed by atoms with Crippen molar-refractivity contribution in [3.05, 3.63) is 0 Å². The molecule has 1 N–H and O–H groups in total. The number of carbonyl (C=O) groups is 1. The minimum atomic E-state index is -2.06. The molecule has 6 heteroatoms. The van der Waals surface area contributed by atoms with Crippen molar-refractivity contribution in [1.82, 2.24) is 5.32 Å². The van der Waals surface area contributed by atoms with E-state index in [1.54, 1.807) is 20.3 Å². The van der Waals surface area contributed by atoms with Gasteiger partial charge < -0.3 is 14.6 Å². The maximum atomic E-state index is 11.1. The Kier molecular flexibility index (Phi) is 8.74. The summed E-state index contributed by atoms with van der Waals surface area (Å²) in [5.74, 6) is -0.300. The molecule has 0 aliphatic carbocycles. The molecule has 0 aromatic rings. The Hall–Kier alpha value is -0.0500. The molecule has 0 atom stereocenters. The zero-order valence-electron chi connectivity index (χ0n) is 8.20. The third kappa shape index (κ3) is 12.0. The van der Waals surface area contributed by atoms with E-state index in [1.807, 2.05) is 0 Å². The third-order valence-corrected chi connectivity index (χ3v) is 2.05. The van der Waals surface area contributed by atoms with Crippen molar-refractivity contribution in [2.24, 2.45) is 0 Å². The van der Waals surface area contributed by atoms with Gasteiger partial charge in [0.1, 0.15) is 0 Å². The number of hydrogen-bond acceptors (Lipinski definition) is 4. The van der Waals surface area contributed by atoms with Gasteiger partial charge in [-0.2, -0.15) is 0 Å². The predicted octanol–water partition coefficient (Wildman–Crippen LogP) is 1.14. The van der Waals surface area contributed by atoms with Crippen LogP contribution >= 0.6 is 19.5 Å². The number of hydrogen-bond donors (Lipinski definition) is 1. The van der Waals surface area contributed by atoms with E-state index in [0.29, 0.717) is 12.9 Å². The van der Waals surface area contributed by atoms with E-state index >= 15 is 0 Å². The molecule has 0 aliphatic rings. The number of ether oxygens (including phenoxy) is 1. The van der Waals surface area contributed by atoms with Crippen molar-refractivity contribution in [3.8, 4) is 0 Å². The van der Waals surface area contributed by atoms with Crippen LogP contribution in [0.15, 0.2) is 0 Å². The first-order valence-corrected chi connectivity index (χ1v) is 6.64. The van der Waals surface area contributed by atoms with Gasteiger partial charge in [-0.05, 0) is 20.3 Å².